The number of hydrogen-bond acceptors (Lipinski definition) is 3. The highest BCUT2D eigenvalue weighted by atomic mass is 19.1. The van der Waals surface area contributed by atoms with E-state index in [0.29, 0.717) is 0 Å². The van der Waals surface area contributed by atoms with Gasteiger partial charge in [-0.15, -0.1) is 0 Å². The number of halogens is 1. The SMILES string of the molecule is CC(C(=O)NC1CCN(c2ccc(F)cc2)CC1)n1cnc2ccccc21. The van der Waals surface area contributed by atoms with E-state index in [-0.39, 0.29) is 23.8 Å². The zero-order valence-electron chi connectivity index (χ0n) is 15.3. The molecule has 1 amide bonds. The second-order valence-electron chi connectivity index (χ2n) is 7.06. The van der Waals surface area contributed by atoms with E-state index in [9.17, 15) is 9.18 Å². The van der Waals surface area contributed by atoms with Crippen LogP contribution in [0.15, 0.2) is 54.9 Å². The predicted octanol–water partition coefficient (Wildman–Crippen LogP) is 3.52. The molecule has 1 N–H and O–H groups in total. The molecule has 2 heterocycles. The minimum absolute atomic E-state index is 0.0124. The lowest BCUT2D eigenvalue weighted by Crippen LogP contribution is -2.46. The van der Waals surface area contributed by atoms with Crippen LogP contribution in [0, 0.1) is 5.82 Å². The van der Waals surface area contributed by atoms with E-state index in [2.05, 4.69) is 15.2 Å². The van der Waals surface area contributed by atoms with E-state index >= 15 is 0 Å². The van der Waals surface area contributed by atoms with Crippen LogP contribution in [0.4, 0.5) is 10.1 Å². The van der Waals surface area contributed by atoms with Gasteiger partial charge in [-0.25, -0.2) is 9.37 Å². The van der Waals surface area contributed by atoms with Crippen molar-refractivity contribution in [2.24, 2.45) is 0 Å². The summed E-state index contributed by atoms with van der Waals surface area (Å²) in [5.41, 5.74) is 2.88. The maximum atomic E-state index is 13.1. The Morgan fingerprint density at radius 1 is 1.15 bits per heavy atom. The summed E-state index contributed by atoms with van der Waals surface area (Å²) in [6.45, 7) is 3.59. The molecule has 140 valence electrons. The number of hydrogen-bond donors (Lipinski definition) is 1. The molecule has 1 saturated heterocycles. The Morgan fingerprint density at radius 2 is 1.85 bits per heavy atom. The second kappa shape index (κ2) is 7.39. The Labute approximate surface area is 157 Å². The van der Waals surface area contributed by atoms with E-state index in [1.165, 1.54) is 12.1 Å². The number of aromatic nitrogens is 2. The number of carbonyl (C=O) groups excluding carboxylic acids is 1. The molecule has 0 radical (unpaired) electrons. The van der Waals surface area contributed by atoms with Crippen molar-refractivity contribution in [1.29, 1.82) is 0 Å². The summed E-state index contributed by atoms with van der Waals surface area (Å²) in [6.07, 6.45) is 3.48. The lowest BCUT2D eigenvalue weighted by molar-refractivity contribution is -0.124. The number of rotatable bonds is 4. The largest absolute Gasteiger partial charge is 0.371 e. The summed E-state index contributed by atoms with van der Waals surface area (Å²) in [5, 5.41) is 3.18. The first-order valence-corrected chi connectivity index (χ1v) is 9.34. The first-order valence-electron chi connectivity index (χ1n) is 9.34. The highest BCUT2D eigenvalue weighted by Crippen LogP contribution is 2.22. The molecule has 0 bridgehead atoms. The molecule has 1 aliphatic rings. The number of nitrogens with one attached hydrogen (secondary N) is 1. The topological polar surface area (TPSA) is 50.2 Å². The zero-order chi connectivity index (χ0) is 18.8. The van der Waals surface area contributed by atoms with Gasteiger partial charge in [-0.2, -0.15) is 0 Å². The average molecular weight is 366 g/mol. The van der Waals surface area contributed by atoms with E-state index in [0.717, 1.165) is 42.7 Å². The third kappa shape index (κ3) is 3.65. The molecule has 1 aliphatic heterocycles. The van der Waals surface area contributed by atoms with Crippen LogP contribution in [0.2, 0.25) is 0 Å². The highest BCUT2D eigenvalue weighted by molar-refractivity contribution is 5.83. The van der Waals surface area contributed by atoms with Crippen molar-refractivity contribution >= 4 is 22.6 Å². The Bertz CT molecular complexity index is 929. The van der Waals surface area contributed by atoms with Crippen molar-refractivity contribution in [3.8, 4) is 0 Å². The smallest absolute Gasteiger partial charge is 0.243 e. The van der Waals surface area contributed by atoms with Gasteiger partial charge in [0.2, 0.25) is 5.91 Å². The third-order valence-corrected chi connectivity index (χ3v) is 5.31. The molecule has 0 saturated carbocycles. The molecule has 1 unspecified atom stereocenters. The van der Waals surface area contributed by atoms with Gasteiger partial charge in [0.15, 0.2) is 0 Å². The van der Waals surface area contributed by atoms with Crippen molar-refractivity contribution in [2.75, 3.05) is 18.0 Å². The van der Waals surface area contributed by atoms with Crippen LogP contribution in [-0.2, 0) is 4.79 Å². The molecular weight excluding hydrogens is 343 g/mol. The number of fused-ring (bicyclic) bond motifs is 1. The lowest BCUT2D eigenvalue weighted by Gasteiger charge is -2.34. The number of para-hydroxylation sites is 2. The summed E-state index contributed by atoms with van der Waals surface area (Å²) in [4.78, 5) is 19.3. The second-order valence-corrected chi connectivity index (χ2v) is 7.06. The first kappa shape index (κ1) is 17.5. The first-order chi connectivity index (χ1) is 13.1. The molecule has 3 aromatic rings. The molecule has 2 aromatic carbocycles. The van der Waals surface area contributed by atoms with Crippen LogP contribution < -0.4 is 10.2 Å². The van der Waals surface area contributed by atoms with Gasteiger partial charge >= 0.3 is 0 Å². The van der Waals surface area contributed by atoms with Crippen LogP contribution >= 0.6 is 0 Å². The standard InChI is InChI=1S/C21H23FN4O/c1-15(26-14-23-19-4-2-3-5-20(19)26)21(27)24-17-10-12-25(13-11-17)18-8-6-16(22)7-9-18/h2-9,14-15,17H,10-13H2,1H3,(H,24,27). The van der Waals surface area contributed by atoms with Crippen molar-refractivity contribution in [3.05, 3.63) is 60.7 Å². The van der Waals surface area contributed by atoms with Crippen molar-refractivity contribution < 1.29 is 9.18 Å². The van der Waals surface area contributed by atoms with Gasteiger partial charge in [0.1, 0.15) is 11.9 Å². The average Bonchev–Trinajstić information content (AvgIpc) is 3.13. The Hall–Kier alpha value is -2.89. The van der Waals surface area contributed by atoms with E-state index < -0.39 is 0 Å². The van der Waals surface area contributed by atoms with Gasteiger partial charge in [-0.05, 0) is 56.2 Å². The predicted molar refractivity (Wildman–Crippen MR) is 104 cm³/mol. The fourth-order valence-corrected chi connectivity index (χ4v) is 3.67. The molecular formula is C21H23FN4O. The Morgan fingerprint density at radius 3 is 2.59 bits per heavy atom. The summed E-state index contributed by atoms with van der Waals surface area (Å²) in [5.74, 6) is -0.208. The molecule has 1 fully saturated rings. The lowest BCUT2D eigenvalue weighted by atomic mass is 10.0. The molecule has 0 aliphatic carbocycles. The van der Waals surface area contributed by atoms with Gasteiger partial charge in [0, 0.05) is 24.8 Å². The van der Waals surface area contributed by atoms with Gasteiger partial charge < -0.3 is 14.8 Å². The molecule has 0 spiro atoms. The van der Waals surface area contributed by atoms with Gasteiger partial charge in [0.25, 0.3) is 0 Å². The molecule has 5 nitrogen and oxygen atoms in total. The third-order valence-electron chi connectivity index (χ3n) is 5.31. The number of nitrogens with zero attached hydrogens (tertiary/aromatic N) is 3. The molecule has 6 heteroatoms. The monoisotopic (exact) mass is 366 g/mol. The summed E-state index contributed by atoms with van der Waals surface area (Å²) in [7, 11) is 0. The minimum Gasteiger partial charge on any atom is -0.371 e. The van der Waals surface area contributed by atoms with E-state index in [1.807, 2.05) is 35.8 Å². The summed E-state index contributed by atoms with van der Waals surface area (Å²) in [6, 6.07) is 14.3. The summed E-state index contributed by atoms with van der Waals surface area (Å²) >= 11 is 0. The van der Waals surface area contributed by atoms with E-state index in [1.54, 1.807) is 18.5 Å². The number of carbonyl (C=O) groups is 1. The Balaban J connectivity index is 1.36. The van der Waals surface area contributed by atoms with Crippen LogP contribution in [0.1, 0.15) is 25.8 Å². The van der Waals surface area contributed by atoms with Gasteiger partial charge in [-0.3, -0.25) is 4.79 Å². The molecule has 1 aromatic heterocycles. The van der Waals surface area contributed by atoms with Gasteiger partial charge in [-0.1, -0.05) is 12.1 Å². The molecule has 4 rings (SSSR count). The van der Waals surface area contributed by atoms with Crippen LogP contribution in [0.3, 0.4) is 0 Å². The quantitative estimate of drug-likeness (QED) is 0.769. The maximum Gasteiger partial charge on any atom is 0.243 e. The summed E-state index contributed by atoms with van der Waals surface area (Å²) < 4.78 is 15.0. The van der Waals surface area contributed by atoms with Crippen LogP contribution in [0.25, 0.3) is 11.0 Å². The molecule has 1 atom stereocenters. The zero-order valence-corrected chi connectivity index (χ0v) is 15.3. The number of anilines is 1. The number of imidazole rings is 1. The minimum atomic E-state index is -0.312. The van der Waals surface area contributed by atoms with Crippen molar-refractivity contribution in [3.63, 3.8) is 0 Å². The fraction of sp³-hybridized carbons (Fsp3) is 0.333. The van der Waals surface area contributed by atoms with Crippen molar-refractivity contribution in [1.82, 2.24) is 14.9 Å². The van der Waals surface area contributed by atoms with Crippen LogP contribution in [-0.4, -0.2) is 34.6 Å². The number of benzene rings is 2. The maximum absolute atomic E-state index is 13.1. The normalized spacial score (nSPS) is 16.4. The molecule has 27 heavy (non-hydrogen) atoms. The number of amides is 1. The highest BCUT2D eigenvalue weighted by Gasteiger charge is 2.24. The Kier molecular flexibility index (Phi) is 4.79. The van der Waals surface area contributed by atoms with Crippen molar-refractivity contribution in [2.45, 2.75) is 31.8 Å². The van der Waals surface area contributed by atoms with Gasteiger partial charge in [0.05, 0.1) is 17.4 Å². The van der Waals surface area contributed by atoms with Crippen LogP contribution in [0.5, 0.6) is 0 Å². The number of piperidine rings is 1. The van der Waals surface area contributed by atoms with E-state index in [4.69, 9.17) is 0 Å². The fourth-order valence-electron chi connectivity index (χ4n) is 3.67.